The number of nitrogens with one attached hydrogen (secondary N) is 1. The molecule has 1 atom stereocenters. The molecule has 1 unspecified atom stereocenters. The summed E-state index contributed by atoms with van der Waals surface area (Å²) in [5.41, 5.74) is 1.12. The Bertz CT molecular complexity index is 967. The van der Waals surface area contributed by atoms with Gasteiger partial charge in [0.1, 0.15) is 4.70 Å². The molecule has 0 radical (unpaired) electrons. The molecule has 1 N–H and O–H groups in total. The topological polar surface area (TPSA) is 64.0 Å². The summed E-state index contributed by atoms with van der Waals surface area (Å²) in [6.45, 7) is 1.76. The maximum absolute atomic E-state index is 12.4. The largest absolute Gasteiger partial charge is 0.324 e. The number of benzene rings is 1. The minimum Gasteiger partial charge on any atom is -0.324 e. The number of hydrogen-bond donors (Lipinski definition) is 1. The van der Waals surface area contributed by atoms with Crippen LogP contribution >= 0.6 is 34.7 Å². The highest BCUT2D eigenvalue weighted by Crippen LogP contribution is 2.26. The van der Waals surface area contributed by atoms with Crippen LogP contribution in [0.25, 0.3) is 10.2 Å². The fraction of sp³-hybridized carbons (Fsp3) is 0.188. The van der Waals surface area contributed by atoms with E-state index >= 15 is 0 Å². The number of carbonyl (C=O) groups is 1. The molecule has 0 saturated carbocycles. The van der Waals surface area contributed by atoms with Crippen molar-refractivity contribution in [2.24, 2.45) is 7.05 Å². The quantitative estimate of drug-likeness (QED) is 0.553. The van der Waals surface area contributed by atoms with E-state index in [0.717, 1.165) is 0 Å². The van der Waals surface area contributed by atoms with Crippen molar-refractivity contribution < 1.29 is 4.79 Å². The van der Waals surface area contributed by atoms with Gasteiger partial charge in [0.15, 0.2) is 5.16 Å². The van der Waals surface area contributed by atoms with Crippen LogP contribution < -0.4 is 10.9 Å². The van der Waals surface area contributed by atoms with Gasteiger partial charge in [0, 0.05) is 7.05 Å². The summed E-state index contributed by atoms with van der Waals surface area (Å²) >= 11 is 8.66. The molecule has 0 spiro atoms. The molecule has 0 saturated heterocycles. The van der Waals surface area contributed by atoms with Crippen molar-refractivity contribution in [1.29, 1.82) is 0 Å². The van der Waals surface area contributed by atoms with E-state index in [4.69, 9.17) is 11.6 Å². The molecule has 5 nitrogen and oxygen atoms in total. The number of fused-ring (bicyclic) bond motifs is 1. The van der Waals surface area contributed by atoms with E-state index in [9.17, 15) is 9.59 Å². The van der Waals surface area contributed by atoms with Crippen molar-refractivity contribution in [3.05, 3.63) is 51.1 Å². The minimum atomic E-state index is -0.435. The Morgan fingerprint density at radius 1 is 1.38 bits per heavy atom. The highest BCUT2D eigenvalue weighted by atomic mass is 35.5. The van der Waals surface area contributed by atoms with Gasteiger partial charge in [-0.1, -0.05) is 35.5 Å². The molecule has 0 aliphatic heterocycles. The number of aromatic nitrogens is 2. The van der Waals surface area contributed by atoms with Crippen LogP contribution in [0.5, 0.6) is 0 Å². The molecule has 1 amide bonds. The zero-order valence-electron chi connectivity index (χ0n) is 12.9. The lowest BCUT2D eigenvalue weighted by Gasteiger charge is -2.14. The first-order chi connectivity index (χ1) is 11.5. The summed E-state index contributed by atoms with van der Waals surface area (Å²) in [7, 11) is 1.66. The molecule has 0 fully saturated rings. The monoisotopic (exact) mass is 379 g/mol. The molecule has 2 heterocycles. The average molecular weight is 380 g/mol. The number of thioether (sulfide) groups is 1. The Morgan fingerprint density at radius 3 is 2.88 bits per heavy atom. The van der Waals surface area contributed by atoms with Gasteiger partial charge in [0.25, 0.3) is 5.56 Å². The summed E-state index contributed by atoms with van der Waals surface area (Å²) in [6.07, 6.45) is 0. The molecule has 1 aromatic carbocycles. The van der Waals surface area contributed by atoms with Gasteiger partial charge in [-0.05, 0) is 30.5 Å². The van der Waals surface area contributed by atoms with Gasteiger partial charge in [-0.15, -0.1) is 11.3 Å². The smallest absolute Gasteiger partial charge is 0.271 e. The number of halogens is 1. The van der Waals surface area contributed by atoms with E-state index in [0.29, 0.717) is 26.1 Å². The lowest BCUT2D eigenvalue weighted by atomic mass is 10.3. The maximum Gasteiger partial charge on any atom is 0.271 e. The molecule has 3 aromatic rings. The second-order valence-corrected chi connectivity index (χ2v) is 7.75. The molecule has 2 aromatic heterocycles. The van der Waals surface area contributed by atoms with Gasteiger partial charge in [-0.3, -0.25) is 14.2 Å². The first kappa shape index (κ1) is 17.0. The standard InChI is InChI=1S/C16H14ClN3O2S2/c1-9(14(21)18-11-6-4-3-5-10(11)17)24-16-19-12-7-8-23-13(12)15(22)20(16)2/h3-9H,1-2H3,(H,18,21). The Balaban J connectivity index is 1.80. The van der Waals surface area contributed by atoms with Crippen molar-refractivity contribution >= 4 is 56.5 Å². The lowest BCUT2D eigenvalue weighted by Crippen LogP contribution is -2.25. The SMILES string of the molecule is CC(Sc1nc2ccsc2c(=O)n1C)C(=O)Nc1ccccc1Cl. The highest BCUT2D eigenvalue weighted by molar-refractivity contribution is 8.00. The Kier molecular flexibility index (Phi) is 4.93. The normalized spacial score (nSPS) is 12.3. The van der Waals surface area contributed by atoms with Gasteiger partial charge >= 0.3 is 0 Å². The summed E-state index contributed by atoms with van der Waals surface area (Å²) in [6, 6.07) is 8.86. The minimum absolute atomic E-state index is 0.101. The first-order valence-corrected chi connectivity index (χ1v) is 9.27. The summed E-state index contributed by atoms with van der Waals surface area (Å²) in [4.78, 5) is 29.1. The average Bonchev–Trinajstić information content (AvgIpc) is 3.03. The van der Waals surface area contributed by atoms with Crippen LogP contribution in [0.1, 0.15) is 6.92 Å². The number of nitrogens with zero attached hydrogens (tertiary/aromatic N) is 2. The van der Waals surface area contributed by atoms with Crippen LogP contribution in [-0.4, -0.2) is 20.7 Å². The number of carbonyl (C=O) groups excluding carboxylic acids is 1. The number of hydrogen-bond acceptors (Lipinski definition) is 5. The van der Waals surface area contributed by atoms with E-state index in [-0.39, 0.29) is 11.5 Å². The molecule has 3 rings (SSSR count). The van der Waals surface area contributed by atoms with Crippen molar-refractivity contribution in [3.63, 3.8) is 0 Å². The summed E-state index contributed by atoms with van der Waals surface area (Å²) in [5.74, 6) is -0.201. The number of para-hydroxylation sites is 1. The van der Waals surface area contributed by atoms with E-state index in [1.54, 1.807) is 44.3 Å². The third kappa shape index (κ3) is 3.33. The number of rotatable bonds is 4. The van der Waals surface area contributed by atoms with E-state index in [1.165, 1.54) is 27.7 Å². The van der Waals surface area contributed by atoms with Gasteiger partial charge in [-0.25, -0.2) is 4.98 Å². The fourth-order valence-corrected chi connectivity index (χ4v) is 3.94. The summed E-state index contributed by atoms with van der Waals surface area (Å²) in [5, 5.41) is 5.18. The van der Waals surface area contributed by atoms with Crippen LogP contribution in [0, 0.1) is 0 Å². The third-order valence-electron chi connectivity index (χ3n) is 3.43. The van der Waals surface area contributed by atoms with Crippen molar-refractivity contribution in [1.82, 2.24) is 9.55 Å². The molecule has 124 valence electrons. The Hall–Kier alpha value is -1.83. The molecule has 0 bridgehead atoms. The van der Waals surface area contributed by atoms with Crippen LogP contribution in [-0.2, 0) is 11.8 Å². The third-order valence-corrected chi connectivity index (χ3v) is 5.79. The van der Waals surface area contributed by atoms with Gasteiger partial charge in [-0.2, -0.15) is 0 Å². The molecule has 24 heavy (non-hydrogen) atoms. The van der Waals surface area contributed by atoms with Gasteiger partial charge in [0.2, 0.25) is 5.91 Å². The van der Waals surface area contributed by atoms with Crippen LogP contribution in [0.3, 0.4) is 0 Å². The molecular formula is C16H14ClN3O2S2. The van der Waals surface area contributed by atoms with E-state index < -0.39 is 5.25 Å². The lowest BCUT2D eigenvalue weighted by molar-refractivity contribution is -0.115. The zero-order valence-corrected chi connectivity index (χ0v) is 15.3. The summed E-state index contributed by atoms with van der Waals surface area (Å²) < 4.78 is 2.10. The van der Waals surface area contributed by atoms with Crippen LogP contribution in [0.4, 0.5) is 5.69 Å². The van der Waals surface area contributed by atoms with E-state index in [2.05, 4.69) is 10.3 Å². The predicted molar refractivity (Wildman–Crippen MR) is 100 cm³/mol. The molecule has 0 aliphatic rings. The highest BCUT2D eigenvalue weighted by Gasteiger charge is 2.19. The van der Waals surface area contributed by atoms with Crippen molar-refractivity contribution in [2.45, 2.75) is 17.3 Å². The maximum atomic E-state index is 12.4. The van der Waals surface area contributed by atoms with Gasteiger partial charge < -0.3 is 5.32 Å². The fourth-order valence-electron chi connectivity index (χ4n) is 2.08. The molecule has 8 heteroatoms. The Morgan fingerprint density at radius 2 is 2.12 bits per heavy atom. The second kappa shape index (κ2) is 6.96. The molecule has 0 aliphatic carbocycles. The van der Waals surface area contributed by atoms with Crippen molar-refractivity contribution in [3.8, 4) is 0 Å². The molecular weight excluding hydrogens is 366 g/mol. The second-order valence-electron chi connectivity index (χ2n) is 5.12. The van der Waals surface area contributed by atoms with Crippen LogP contribution in [0.15, 0.2) is 45.7 Å². The van der Waals surface area contributed by atoms with Gasteiger partial charge in [0.05, 0.1) is 21.5 Å². The van der Waals surface area contributed by atoms with Crippen molar-refractivity contribution in [2.75, 3.05) is 5.32 Å². The number of thiophene rings is 1. The Labute approximate surface area is 151 Å². The van der Waals surface area contributed by atoms with Crippen LogP contribution in [0.2, 0.25) is 5.02 Å². The zero-order chi connectivity index (χ0) is 17.3. The number of amides is 1. The number of anilines is 1. The first-order valence-electron chi connectivity index (χ1n) is 7.13. The predicted octanol–water partition coefficient (Wildman–Crippen LogP) is 3.77. The van der Waals surface area contributed by atoms with E-state index in [1.807, 2.05) is 5.38 Å².